The summed E-state index contributed by atoms with van der Waals surface area (Å²) in [6, 6.07) is 0. The number of rotatable bonds is 13. The van der Waals surface area contributed by atoms with Gasteiger partial charge in [0.25, 0.3) is 5.91 Å². The second-order valence-corrected chi connectivity index (χ2v) is 5.60. The number of carbonyl (C=O) groups is 1. The molecule has 3 heteroatoms. The largest absolute Gasteiger partial charge is 0.297 e. The summed E-state index contributed by atoms with van der Waals surface area (Å²) in [7, 11) is 0. The third-order valence-electron chi connectivity index (χ3n) is 2.96. The Bertz CT molecular complexity index is 207. The molecular weight excluding hydrogens is 242 g/mol. The summed E-state index contributed by atoms with van der Waals surface area (Å²) in [5, 5.41) is 0. The number of nitrogens with one attached hydrogen (secondary N) is 1. The van der Waals surface area contributed by atoms with Gasteiger partial charge in [-0.05, 0) is 12.5 Å². The molecule has 0 fully saturated rings. The maximum absolute atomic E-state index is 10.8. The first-order valence-corrected chi connectivity index (χ1v) is 8.34. The number of unbranched alkanes of at least 4 members (excludes halogenated alkanes) is 9. The molecule has 0 aromatic heterocycles. The highest BCUT2D eigenvalue weighted by atomic mass is 32.2. The minimum absolute atomic E-state index is 0.0907. The third-order valence-corrected chi connectivity index (χ3v) is 3.80. The number of carbonyl (C=O) groups excluding carboxylic acids is 1. The van der Waals surface area contributed by atoms with E-state index in [1.807, 2.05) is 0 Å². The van der Waals surface area contributed by atoms with Crippen molar-refractivity contribution in [2.75, 3.05) is 5.75 Å². The molecule has 0 atom stereocenters. The van der Waals surface area contributed by atoms with Crippen LogP contribution in [0.4, 0.5) is 0 Å². The first kappa shape index (κ1) is 17.6. The van der Waals surface area contributed by atoms with Crippen LogP contribution in [0.15, 0.2) is 12.7 Å². The van der Waals surface area contributed by atoms with Crippen LogP contribution in [0.2, 0.25) is 0 Å². The Morgan fingerprint density at radius 2 is 1.50 bits per heavy atom. The maximum atomic E-state index is 10.8. The average Bonchev–Trinajstić information content (AvgIpc) is 2.39. The van der Waals surface area contributed by atoms with Gasteiger partial charge in [0.05, 0.1) is 0 Å². The molecule has 106 valence electrons. The van der Waals surface area contributed by atoms with Crippen molar-refractivity contribution in [3.05, 3.63) is 12.7 Å². The number of hydrogen-bond acceptors (Lipinski definition) is 2. The molecule has 0 aliphatic carbocycles. The summed E-state index contributed by atoms with van der Waals surface area (Å²) in [5.41, 5.74) is 0. The van der Waals surface area contributed by atoms with Gasteiger partial charge in [0.2, 0.25) is 0 Å². The van der Waals surface area contributed by atoms with Gasteiger partial charge in [0.15, 0.2) is 0 Å². The van der Waals surface area contributed by atoms with Gasteiger partial charge in [-0.25, -0.2) is 0 Å². The fourth-order valence-electron chi connectivity index (χ4n) is 1.83. The van der Waals surface area contributed by atoms with Crippen LogP contribution in [-0.4, -0.2) is 11.7 Å². The first-order chi connectivity index (χ1) is 8.81. The summed E-state index contributed by atoms with van der Waals surface area (Å²) < 4.78 is 2.72. The summed E-state index contributed by atoms with van der Waals surface area (Å²) in [4.78, 5) is 10.8. The summed E-state index contributed by atoms with van der Waals surface area (Å²) in [5.74, 6) is 0.919. The van der Waals surface area contributed by atoms with Gasteiger partial charge in [0.1, 0.15) is 0 Å². The highest BCUT2D eigenvalue weighted by Crippen LogP contribution is 2.11. The second-order valence-electron chi connectivity index (χ2n) is 4.70. The molecule has 0 bridgehead atoms. The van der Waals surface area contributed by atoms with E-state index in [2.05, 4.69) is 18.2 Å². The Labute approximate surface area is 117 Å². The molecule has 0 spiro atoms. The van der Waals surface area contributed by atoms with E-state index in [9.17, 15) is 4.79 Å². The summed E-state index contributed by atoms with van der Waals surface area (Å²) >= 11 is 1.49. The summed E-state index contributed by atoms with van der Waals surface area (Å²) in [6.07, 6.45) is 14.9. The van der Waals surface area contributed by atoms with Crippen LogP contribution in [-0.2, 0) is 4.79 Å². The highest BCUT2D eigenvalue weighted by molar-refractivity contribution is 7.97. The fourth-order valence-corrected chi connectivity index (χ4v) is 2.50. The van der Waals surface area contributed by atoms with E-state index < -0.39 is 0 Å². The van der Waals surface area contributed by atoms with E-state index in [1.54, 1.807) is 0 Å². The van der Waals surface area contributed by atoms with Crippen LogP contribution in [0.5, 0.6) is 0 Å². The average molecular weight is 271 g/mol. The van der Waals surface area contributed by atoms with Crippen molar-refractivity contribution in [2.24, 2.45) is 0 Å². The molecule has 0 saturated carbocycles. The molecule has 0 saturated heterocycles. The molecule has 0 aromatic carbocycles. The van der Waals surface area contributed by atoms with E-state index >= 15 is 0 Å². The van der Waals surface area contributed by atoms with Crippen molar-refractivity contribution in [1.82, 2.24) is 4.72 Å². The van der Waals surface area contributed by atoms with Crippen LogP contribution in [0.3, 0.4) is 0 Å². The normalized spacial score (nSPS) is 10.3. The van der Waals surface area contributed by atoms with E-state index in [0.717, 1.165) is 5.75 Å². The third kappa shape index (κ3) is 13.6. The Morgan fingerprint density at radius 3 is 2.00 bits per heavy atom. The predicted octanol–water partition coefficient (Wildman–Crippen LogP) is 4.86. The molecule has 1 amide bonds. The smallest absolute Gasteiger partial charge is 0.253 e. The van der Waals surface area contributed by atoms with Gasteiger partial charge in [0, 0.05) is 5.75 Å². The lowest BCUT2D eigenvalue weighted by Crippen LogP contribution is -2.12. The van der Waals surface area contributed by atoms with E-state index in [0.29, 0.717) is 0 Å². The van der Waals surface area contributed by atoms with Crippen molar-refractivity contribution in [1.29, 1.82) is 0 Å². The zero-order valence-corrected chi connectivity index (χ0v) is 12.7. The molecule has 18 heavy (non-hydrogen) atoms. The quantitative estimate of drug-likeness (QED) is 0.294. The monoisotopic (exact) mass is 271 g/mol. The van der Waals surface area contributed by atoms with Crippen LogP contribution >= 0.6 is 11.9 Å². The Balaban J connectivity index is 2.98. The predicted molar refractivity (Wildman–Crippen MR) is 82.6 cm³/mol. The lowest BCUT2D eigenvalue weighted by molar-refractivity contribution is -0.114. The molecule has 0 radical (unpaired) electrons. The van der Waals surface area contributed by atoms with Crippen LogP contribution < -0.4 is 4.72 Å². The number of amides is 1. The van der Waals surface area contributed by atoms with Crippen LogP contribution in [0, 0.1) is 0 Å². The maximum Gasteiger partial charge on any atom is 0.253 e. The molecule has 1 N–H and O–H groups in total. The Hall–Kier alpha value is -0.440. The van der Waals surface area contributed by atoms with E-state index in [1.165, 1.54) is 82.2 Å². The van der Waals surface area contributed by atoms with E-state index in [4.69, 9.17) is 0 Å². The van der Waals surface area contributed by atoms with Gasteiger partial charge < -0.3 is 0 Å². The SMILES string of the molecule is C=CC(=O)NSCCCCCCCCCCCC. The van der Waals surface area contributed by atoms with Crippen molar-refractivity contribution in [3.8, 4) is 0 Å². The zero-order valence-electron chi connectivity index (χ0n) is 11.9. The zero-order chi connectivity index (χ0) is 13.5. The molecule has 0 aromatic rings. The minimum atomic E-state index is -0.0907. The Kier molecular flexibility index (Phi) is 14.3. The van der Waals surface area contributed by atoms with Crippen molar-refractivity contribution >= 4 is 17.9 Å². The van der Waals surface area contributed by atoms with E-state index in [-0.39, 0.29) is 5.91 Å². The van der Waals surface area contributed by atoms with Crippen molar-refractivity contribution in [2.45, 2.75) is 71.1 Å². The standard InChI is InChI=1S/C15H29NOS/c1-3-5-6-7-8-9-10-11-12-13-14-18-16-15(17)4-2/h4H,2-3,5-14H2,1H3,(H,16,17). The van der Waals surface area contributed by atoms with Gasteiger partial charge in [-0.15, -0.1) is 0 Å². The van der Waals surface area contributed by atoms with Gasteiger partial charge in [-0.2, -0.15) is 0 Å². The second kappa shape index (κ2) is 14.6. The molecular formula is C15H29NOS. The Morgan fingerprint density at radius 1 is 1.00 bits per heavy atom. The topological polar surface area (TPSA) is 29.1 Å². The first-order valence-electron chi connectivity index (χ1n) is 7.35. The minimum Gasteiger partial charge on any atom is -0.297 e. The lowest BCUT2D eigenvalue weighted by Gasteiger charge is -2.03. The van der Waals surface area contributed by atoms with Crippen LogP contribution in [0.25, 0.3) is 0 Å². The van der Waals surface area contributed by atoms with Gasteiger partial charge >= 0.3 is 0 Å². The molecule has 2 nitrogen and oxygen atoms in total. The van der Waals surface area contributed by atoms with Crippen molar-refractivity contribution < 1.29 is 4.79 Å². The highest BCUT2D eigenvalue weighted by Gasteiger charge is 1.95. The fraction of sp³-hybridized carbons (Fsp3) is 0.800. The molecule has 0 unspecified atom stereocenters. The molecule has 0 aliphatic rings. The molecule has 0 aliphatic heterocycles. The molecule has 0 heterocycles. The van der Waals surface area contributed by atoms with Crippen LogP contribution in [0.1, 0.15) is 71.1 Å². The lowest BCUT2D eigenvalue weighted by atomic mass is 10.1. The molecule has 0 rings (SSSR count). The van der Waals surface area contributed by atoms with Crippen molar-refractivity contribution in [3.63, 3.8) is 0 Å². The number of hydrogen-bond donors (Lipinski definition) is 1. The van der Waals surface area contributed by atoms with Gasteiger partial charge in [-0.1, -0.05) is 83.2 Å². The summed E-state index contributed by atoms with van der Waals surface area (Å²) in [6.45, 7) is 5.67. The van der Waals surface area contributed by atoms with Gasteiger partial charge in [-0.3, -0.25) is 9.52 Å².